The van der Waals surface area contributed by atoms with Gasteiger partial charge in [-0.15, -0.1) is 0 Å². The van der Waals surface area contributed by atoms with Crippen LogP contribution in [0.3, 0.4) is 0 Å². The van der Waals surface area contributed by atoms with Gasteiger partial charge in [-0.25, -0.2) is 0 Å². The zero-order valence-corrected chi connectivity index (χ0v) is 12.3. The molecular formula is C15H18N2O2S. The van der Waals surface area contributed by atoms with E-state index in [9.17, 15) is 9.00 Å². The van der Waals surface area contributed by atoms with Crippen LogP contribution < -0.4 is 5.73 Å². The van der Waals surface area contributed by atoms with Gasteiger partial charge in [0.25, 0.3) is 5.91 Å². The quantitative estimate of drug-likeness (QED) is 0.767. The topological polar surface area (TPSA) is 63.4 Å². The molecule has 1 saturated heterocycles. The normalized spacial score (nSPS) is 15.6. The van der Waals surface area contributed by atoms with E-state index in [-0.39, 0.29) is 12.5 Å². The molecule has 1 aromatic rings. The molecule has 1 aromatic carbocycles. The van der Waals surface area contributed by atoms with Gasteiger partial charge in [-0.3, -0.25) is 9.00 Å². The van der Waals surface area contributed by atoms with E-state index in [0.717, 1.165) is 5.56 Å². The van der Waals surface area contributed by atoms with Crippen LogP contribution in [0.1, 0.15) is 21.5 Å². The Hall–Kier alpha value is -1.64. The van der Waals surface area contributed by atoms with Gasteiger partial charge in [0.15, 0.2) is 0 Å². The minimum Gasteiger partial charge on any atom is -0.337 e. The third-order valence-corrected chi connectivity index (χ3v) is 4.47. The van der Waals surface area contributed by atoms with Crippen molar-refractivity contribution in [2.45, 2.75) is 6.92 Å². The lowest BCUT2D eigenvalue weighted by molar-refractivity contribution is 0.0771. The highest BCUT2D eigenvalue weighted by Crippen LogP contribution is 2.15. The fourth-order valence-electron chi connectivity index (χ4n) is 2.10. The number of nitrogens with two attached hydrogens (primary N) is 1. The average molecular weight is 290 g/mol. The standard InChI is InChI=1S/C15H18N2O2S/c1-12-4-5-13(3-2-6-16)14(11-12)15(18)17-7-9-20(19)10-8-17/h4-5,11H,6-10,16H2,1H3. The van der Waals surface area contributed by atoms with E-state index in [1.54, 1.807) is 4.90 Å². The minimum absolute atomic E-state index is 0.0354. The first-order chi connectivity index (χ1) is 9.61. The predicted octanol–water partition coefficient (Wildman–Crippen LogP) is 0.510. The lowest BCUT2D eigenvalue weighted by atomic mass is 10.0. The minimum atomic E-state index is -0.787. The number of benzene rings is 1. The summed E-state index contributed by atoms with van der Waals surface area (Å²) in [6, 6.07) is 5.64. The summed E-state index contributed by atoms with van der Waals surface area (Å²) in [7, 11) is -0.787. The summed E-state index contributed by atoms with van der Waals surface area (Å²) in [5.74, 6) is 6.81. The number of carbonyl (C=O) groups is 1. The van der Waals surface area contributed by atoms with Gasteiger partial charge in [-0.2, -0.15) is 0 Å². The molecule has 4 nitrogen and oxygen atoms in total. The second-order valence-corrected chi connectivity index (χ2v) is 6.39. The molecule has 1 aliphatic rings. The summed E-state index contributed by atoms with van der Waals surface area (Å²) in [6.07, 6.45) is 0. The first-order valence-corrected chi connectivity index (χ1v) is 8.04. The van der Waals surface area contributed by atoms with Gasteiger partial charge >= 0.3 is 0 Å². The monoisotopic (exact) mass is 290 g/mol. The highest BCUT2D eigenvalue weighted by atomic mass is 32.2. The molecular weight excluding hydrogens is 272 g/mol. The summed E-state index contributed by atoms with van der Waals surface area (Å²) < 4.78 is 11.4. The zero-order valence-electron chi connectivity index (χ0n) is 11.5. The van der Waals surface area contributed by atoms with Crippen molar-refractivity contribution in [3.63, 3.8) is 0 Å². The van der Waals surface area contributed by atoms with E-state index in [1.807, 2.05) is 25.1 Å². The number of hydrogen-bond acceptors (Lipinski definition) is 3. The van der Waals surface area contributed by atoms with Crippen LogP contribution in [0.2, 0.25) is 0 Å². The van der Waals surface area contributed by atoms with Gasteiger partial charge < -0.3 is 10.6 Å². The van der Waals surface area contributed by atoms with Crippen LogP contribution in [0, 0.1) is 18.8 Å². The SMILES string of the molecule is Cc1ccc(C#CCN)c(C(=O)N2CCS(=O)CC2)c1. The van der Waals surface area contributed by atoms with E-state index in [1.165, 1.54) is 0 Å². The molecule has 20 heavy (non-hydrogen) atoms. The Morgan fingerprint density at radius 2 is 2.10 bits per heavy atom. The van der Waals surface area contributed by atoms with Crippen LogP contribution in [0.25, 0.3) is 0 Å². The van der Waals surface area contributed by atoms with Crippen molar-refractivity contribution in [3.8, 4) is 11.8 Å². The van der Waals surface area contributed by atoms with Gasteiger partial charge in [0.05, 0.1) is 12.1 Å². The summed E-state index contributed by atoms with van der Waals surface area (Å²) in [6.45, 7) is 3.30. The Kier molecular flexibility index (Phi) is 4.94. The van der Waals surface area contributed by atoms with Crippen molar-refractivity contribution in [2.24, 2.45) is 5.73 Å². The molecule has 106 valence electrons. The van der Waals surface area contributed by atoms with E-state index in [0.29, 0.717) is 35.7 Å². The molecule has 0 unspecified atom stereocenters. The number of hydrogen-bond donors (Lipinski definition) is 1. The van der Waals surface area contributed by atoms with E-state index < -0.39 is 10.8 Å². The maximum atomic E-state index is 12.6. The Morgan fingerprint density at radius 3 is 2.75 bits per heavy atom. The van der Waals surface area contributed by atoms with Crippen molar-refractivity contribution in [1.82, 2.24) is 4.90 Å². The third-order valence-electron chi connectivity index (χ3n) is 3.20. The van der Waals surface area contributed by atoms with Gasteiger partial charge in [0, 0.05) is 41.0 Å². The van der Waals surface area contributed by atoms with Gasteiger partial charge in [-0.1, -0.05) is 23.5 Å². The molecule has 1 aliphatic heterocycles. The Balaban J connectivity index is 2.28. The summed E-state index contributed by atoms with van der Waals surface area (Å²) in [4.78, 5) is 14.3. The predicted molar refractivity (Wildman–Crippen MR) is 80.9 cm³/mol. The highest BCUT2D eigenvalue weighted by Gasteiger charge is 2.22. The van der Waals surface area contributed by atoms with E-state index in [4.69, 9.17) is 5.73 Å². The van der Waals surface area contributed by atoms with Crippen LogP contribution in [0.15, 0.2) is 18.2 Å². The number of carbonyl (C=O) groups excluding carboxylic acids is 1. The lowest BCUT2D eigenvalue weighted by Crippen LogP contribution is -2.42. The van der Waals surface area contributed by atoms with Gasteiger partial charge in [0.2, 0.25) is 0 Å². The molecule has 2 rings (SSSR count). The van der Waals surface area contributed by atoms with Gasteiger partial charge in [-0.05, 0) is 19.1 Å². The summed E-state index contributed by atoms with van der Waals surface area (Å²) >= 11 is 0. The first-order valence-electron chi connectivity index (χ1n) is 6.55. The maximum absolute atomic E-state index is 12.6. The molecule has 0 saturated carbocycles. The molecule has 2 N–H and O–H groups in total. The Bertz CT molecular complexity index is 592. The summed E-state index contributed by atoms with van der Waals surface area (Å²) in [5.41, 5.74) is 7.72. The van der Waals surface area contributed by atoms with E-state index in [2.05, 4.69) is 11.8 Å². The van der Waals surface area contributed by atoms with Gasteiger partial charge in [0.1, 0.15) is 0 Å². The van der Waals surface area contributed by atoms with E-state index >= 15 is 0 Å². The van der Waals surface area contributed by atoms with Crippen LogP contribution in [0.4, 0.5) is 0 Å². The second kappa shape index (κ2) is 6.69. The Morgan fingerprint density at radius 1 is 1.40 bits per heavy atom. The van der Waals surface area contributed by atoms with Crippen LogP contribution in [-0.2, 0) is 10.8 Å². The fourth-order valence-corrected chi connectivity index (χ4v) is 3.15. The van der Waals surface area contributed by atoms with Crippen molar-refractivity contribution in [2.75, 3.05) is 31.1 Å². The van der Waals surface area contributed by atoms with Crippen LogP contribution >= 0.6 is 0 Å². The zero-order chi connectivity index (χ0) is 14.5. The van der Waals surface area contributed by atoms with Crippen LogP contribution in [-0.4, -0.2) is 46.2 Å². The molecule has 0 atom stereocenters. The van der Waals surface area contributed by atoms with Crippen molar-refractivity contribution >= 4 is 16.7 Å². The molecule has 1 heterocycles. The number of amides is 1. The molecule has 0 aromatic heterocycles. The molecule has 0 aliphatic carbocycles. The number of nitrogens with zero attached hydrogens (tertiary/aromatic N) is 1. The first kappa shape index (κ1) is 14.8. The largest absolute Gasteiger partial charge is 0.337 e. The molecule has 5 heteroatoms. The second-order valence-electron chi connectivity index (χ2n) is 4.70. The van der Waals surface area contributed by atoms with Crippen molar-refractivity contribution in [1.29, 1.82) is 0 Å². The molecule has 1 fully saturated rings. The highest BCUT2D eigenvalue weighted by molar-refractivity contribution is 7.85. The maximum Gasteiger partial charge on any atom is 0.255 e. The molecule has 1 amide bonds. The number of rotatable bonds is 1. The molecule has 0 radical (unpaired) electrons. The van der Waals surface area contributed by atoms with Crippen LogP contribution in [0.5, 0.6) is 0 Å². The smallest absolute Gasteiger partial charge is 0.255 e. The third kappa shape index (κ3) is 3.47. The Labute approximate surface area is 121 Å². The number of aryl methyl sites for hydroxylation is 1. The molecule has 0 spiro atoms. The fraction of sp³-hybridized carbons (Fsp3) is 0.400. The van der Waals surface area contributed by atoms with Crippen molar-refractivity contribution < 1.29 is 9.00 Å². The van der Waals surface area contributed by atoms with Crippen molar-refractivity contribution in [3.05, 3.63) is 34.9 Å². The molecule has 0 bridgehead atoms. The summed E-state index contributed by atoms with van der Waals surface area (Å²) in [5, 5.41) is 0. The average Bonchev–Trinajstić information content (AvgIpc) is 2.46. The lowest BCUT2D eigenvalue weighted by Gasteiger charge is -2.26.